The average Bonchev–Trinajstić information content (AvgIpc) is 3.29. The Balaban J connectivity index is 1.62. The van der Waals surface area contributed by atoms with Crippen LogP contribution in [0.5, 0.6) is 11.5 Å². The summed E-state index contributed by atoms with van der Waals surface area (Å²) in [5.41, 5.74) is 2.05. The molecule has 6 nitrogen and oxygen atoms in total. The van der Waals surface area contributed by atoms with Gasteiger partial charge in [0.2, 0.25) is 5.91 Å². The van der Waals surface area contributed by atoms with Crippen LogP contribution in [0.4, 0.5) is 11.4 Å². The van der Waals surface area contributed by atoms with Gasteiger partial charge in [0.15, 0.2) is 5.66 Å². The molecule has 1 amide bonds. The summed E-state index contributed by atoms with van der Waals surface area (Å²) in [6.07, 6.45) is 13.0. The maximum Gasteiger partial charge on any atom is 0.228 e. The predicted molar refractivity (Wildman–Crippen MR) is 140 cm³/mol. The van der Waals surface area contributed by atoms with Gasteiger partial charge in [-0.2, -0.15) is 0 Å². The second-order valence-corrected chi connectivity index (χ2v) is 10.0. The zero-order valence-electron chi connectivity index (χ0n) is 20.8. The summed E-state index contributed by atoms with van der Waals surface area (Å²) in [4.78, 5) is 14.3. The number of anilines is 2. The first kappa shape index (κ1) is 23.6. The molecule has 186 valence electrons. The molecule has 0 bridgehead atoms. The molecule has 2 aromatic rings. The predicted octanol–water partition coefficient (Wildman–Crippen LogP) is 5.82. The molecule has 0 aromatic heterocycles. The van der Waals surface area contributed by atoms with E-state index in [4.69, 9.17) is 9.47 Å². The fourth-order valence-corrected chi connectivity index (χ4v) is 6.16. The molecule has 35 heavy (non-hydrogen) atoms. The molecule has 1 fully saturated rings. The molecule has 1 aliphatic heterocycles. The van der Waals surface area contributed by atoms with E-state index in [-0.39, 0.29) is 23.8 Å². The molecule has 0 radical (unpaired) electrons. The molecule has 5 rings (SSSR count). The van der Waals surface area contributed by atoms with Crippen molar-refractivity contribution in [2.75, 3.05) is 24.9 Å². The van der Waals surface area contributed by atoms with Gasteiger partial charge in [0.1, 0.15) is 11.5 Å². The molecular weight excluding hydrogens is 438 g/mol. The van der Waals surface area contributed by atoms with Gasteiger partial charge in [-0.15, -0.1) is 0 Å². The number of rotatable bonds is 7. The van der Waals surface area contributed by atoms with E-state index in [0.29, 0.717) is 5.75 Å². The van der Waals surface area contributed by atoms with Crippen molar-refractivity contribution in [1.29, 1.82) is 0 Å². The lowest BCUT2D eigenvalue weighted by molar-refractivity contribution is -0.129. The van der Waals surface area contributed by atoms with Crippen molar-refractivity contribution in [2.24, 2.45) is 11.8 Å². The van der Waals surface area contributed by atoms with E-state index in [1.54, 1.807) is 14.2 Å². The first-order valence-corrected chi connectivity index (χ1v) is 13.0. The number of carbonyl (C=O) groups is 1. The van der Waals surface area contributed by atoms with E-state index >= 15 is 0 Å². The van der Waals surface area contributed by atoms with Gasteiger partial charge in [0.05, 0.1) is 31.5 Å². The molecular formula is C29H37N3O3. The smallest absolute Gasteiger partial charge is 0.228 e. The summed E-state index contributed by atoms with van der Waals surface area (Å²) >= 11 is 0. The van der Waals surface area contributed by atoms with Crippen molar-refractivity contribution in [3.8, 4) is 11.5 Å². The Morgan fingerprint density at radius 1 is 0.971 bits per heavy atom. The SMILES string of the molecule is COc1ccc(C2(C(C(=O)NC3CCCCC3)C3CC=CCC3)Nc3ccccc3N2)c(OC)c1. The maximum absolute atomic E-state index is 14.3. The lowest BCUT2D eigenvalue weighted by Gasteiger charge is -2.43. The van der Waals surface area contributed by atoms with Crippen molar-refractivity contribution in [3.05, 3.63) is 60.2 Å². The quantitative estimate of drug-likeness (QED) is 0.441. The molecule has 2 aliphatic carbocycles. The number of nitrogens with one attached hydrogen (secondary N) is 3. The fourth-order valence-electron chi connectivity index (χ4n) is 6.16. The van der Waals surface area contributed by atoms with Crippen LogP contribution in [0.25, 0.3) is 0 Å². The Bertz CT molecular complexity index is 1050. The third-order valence-corrected chi connectivity index (χ3v) is 7.91. The zero-order valence-corrected chi connectivity index (χ0v) is 20.8. The zero-order chi connectivity index (χ0) is 24.3. The minimum atomic E-state index is -0.851. The van der Waals surface area contributed by atoms with E-state index < -0.39 is 5.66 Å². The number of allylic oxidation sites excluding steroid dienone is 2. The van der Waals surface area contributed by atoms with Gasteiger partial charge in [-0.3, -0.25) is 4.79 Å². The van der Waals surface area contributed by atoms with Crippen molar-refractivity contribution in [1.82, 2.24) is 5.32 Å². The summed E-state index contributed by atoms with van der Waals surface area (Å²) in [6, 6.07) is 14.3. The fraction of sp³-hybridized carbons (Fsp3) is 0.483. The number of carbonyl (C=O) groups excluding carboxylic acids is 1. The topological polar surface area (TPSA) is 71.6 Å². The number of para-hydroxylation sites is 2. The number of ether oxygens (including phenoxy) is 2. The molecule has 1 saturated carbocycles. The summed E-state index contributed by atoms with van der Waals surface area (Å²) < 4.78 is 11.4. The van der Waals surface area contributed by atoms with Crippen LogP contribution in [0.1, 0.15) is 56.9 Å². The van der Waals surface area contributed by atoms with Crippen LogP contribution < -0.4 is 25.4 Å². The Morgan fingerprint density at radius 3 is 2.34 bits per heavy atom. The van der Waals surface area contributed by atoms with Gasteiger partial charge in [-0.1, -0.05) is 43.5 Å². The Morgan fingerprint density at radius 2 is 1.71 bits per heavy atom. The van der Waals surface area contributed by atoms with Gasteiger partial charge in [-0.25, -0.2) is 0 Å². The number of hydrogen-bond acceptors (Lipinski definition) is 5. The van der Waals surface area contributed by atoms with Crippen molar-refractivity contribution in [3.63, 3.8) is 0 Å². The van der Waals surface area contributed by atoms with E-state index in [9.17, 15) is 4.79 Å². The van der Waals surface area contributed by atoms with E-state index in [2.05, 4.69) is 40.2 Å². The Kier molecular flexibility index (Phi) is 6.89. The highest BCUT2D eigenvalue weighted by molar-refractivity contribution is 5.87. The van der Waals surface area contributed by atoms with Gasteiger partial charge in [-0.05, 0) is 62.3 Å². The van der Waals surface area contributed by atoms with Crippen molar-refractivity contribution >= 4 is 17.3 Å². The second kappa shape index (κ2) is 10.2. The summed E-state index contributed by atoms with van der Waals surface area (Å²) in [7, 11) is 3.33. The van der Waals surface area contributed by atoms with Gasteiger partial charge in [0.25, 0.3) is 0 Å². The number of methoxy groups -OCH3 is 2. The maximum atomic E-state index is 14.3. The highest BCUT2D eigenvalue weighted by Gasteiger charge is 2.53. The molecule has 3 N–H and O–H groups in total. The highest BCUT2D eigenvalue weighted by atomic mass is 16.5. The largest absolute Gasteiger partial charge is 0.497 e. The van der Waals surface area contributed by atoms with Crippen LogP contribution in [0.3, 0.4) is 0 Å². The van der Waals surface area contributed by atoms with E-state index in [0.717, 1.165) is 54.8 Å². The summed E-state index contributed by atoms with van der Waals surface area (Å²) in [6.45, 7) is 0. The number of fused-ring (bicyclic) bond motifs is 1. The normalized spacial score (nSPS) is 21.8. The molecule has 3 aliphatic rings. The lowest BCUT2D eigenvalue weighted by atomic mass is 9.72. The van der Waals surface area contributed by atoms with Crippen molar-refractivity contribution < 1.29 is 14.3 Å². The molecule has 2 atom stereocenters. The molecule has 0 spiro atoms. The Hall–Kier alpha value is -3.15. The van der Waals surface area contributed by atoms with Gasteiger partial charge < -0.3 is 25.4 Å². The van der Waals surface area contributed by atoms with E-state index in [1.165, 1.54) is 19.3 Å². The third kappa shape index (κ3) is 4.58. The number of amides is 1. The highest BCUT2D eigenvalue weighted by Crippen LogP contribution is 2.50. The minimum absolute atomic E-state index is 0.114. The van der Waals surface area contributed by atoms with Crippen LogP contribution in [0, 0.1) is 11.8 Å². The van der Waals surface area contributed by atoms with Crippen LogP contribution in [0.15, 0.2) is 54.6 Å². The molecule has 6 heteroatoms. The molecule has 2 unspecified atom stereocenters. The van der Waals surface area contributed by atoms with Crippen LogP contribution in [0.2, 0.25) is 0 Å². The second-order valence-electron chi connectivity index (χ2n) is 10.0. The number of hydrogen-bond donors (Lipinski definition) is 3. The van der Waals surface area contributed by atoms with Crippen molar-refractivity contribution in [2.45, 2.75) is 63.1 Å². The summed E-state index contributed by atoms with van der Waals surface area (Å²) in [5.74, 6) is 1.37. The van der Waals surface area contributed by atoms with Crippen LogP contribution >= 0.6 is 0 Å². The van der Waals surface area contributed by atoms with Gasteiger partial charge in [0, 0.05) is 17.7 Å². The Labute approximate surface area is 208 Å². The first-order chi connectivity index (χ1) is 17.1. The molecule has 2 aromatic carbocycles. The molecule has 0 saturated heterocycles. The van der Waals surface area contributed by atoms with Crippen LogP contribution in [-0.2, 0) is 10.5 Å². The summed E-state index contributed by atoms with van der Waals surface area (Å²) in [5, 5.41) is 11.0. The number of benzene rings is 2. The first-order valence-electron chi connectivity index (χ1n) is 13.0. The lowest BCUT2D eigenvalue weighted by Crippen LogP contribution is -2.56. The molecule has 1 heterocycles. The van der Waals surface area contributed by atoms with E-state index in [1.807, 2.05) is 30.3 Å². The standard InChI is InChI=1S/C29H37N3O3/c1-34-22-17-18-23(26(19-22)35-2)29(31-24-15-9-10-16-25(24)32-29)27(20-11-5-3-6-12-20)28(33)30-21-13-7-4-8-14-21/h3,5,9-10,15-21,27,31-32H,4,6-8,11-14H2,1-2H3,(H,30,33). The van der Waals surface area contributed by atoms with Crippen LogP contribution in [-0.4, -0.2) is 26.2 Å². The third-order valence-electron chi connectivity index (χ3n) is 7.91. The van der Waals surface area contributed by atoms with Gasteiger partial charge >= 0.3 is 0 Å². The average molecular weight is 476 g/mol. The minimum Gasteiger partial charge on any atom is -0.497 e. The monoisotopic (exact) mass is 475 g/mol.